The van der Waals surface area contributed by atoms with E-state index in [1.54, 1.807) is 0 Å². The highest BCUT2D eigenvalue weighted by Crippen LogP contribution is 2.08. The van der Waals surface area contributed by atoms with Crippen molar-refractivity contribution in [3.63, 3.8) is 0 Å². The van der Waals surface area contributed by atoms with Crippen LogP contribution in [-0.4, -0.2) is 9.13 Å². The number of nitrogens with zero attached hydrogens (tertiary/aromatic N) is 2. The molecular weight excluding hydrogens is 300 g/mol. The lowest BCUT2D eigenvalue weighted by atomic mass is 10.1. The Balaban J connectivity index is 3.14. The first-order valence-electron chi connectivity index (χ1n) is 9.97. The van der Waals surface area contributed by atoms with E-state index < -0.39 is 0 Å². The molecule has 4 nitrogen and oxygen atoms in total. The monoisotopic (exact) mass is 336 g/mol. The van der Waals surface area contributed by atoms with Gasteiger partial charge in [-0.2, -0.15) is 0 Å². The van der Waals surface area contributed by atoms with Gasteiger partial charge in [0.05, 0.1) is 0 Å². The Bertz CT molecular complexity index is 599. The Hall–Kier alpha value is -1.32. The summed E-state index contributed by atoms with van der Waals surface area (Å²) in [5.41, 5.74) is 1.64. The van der Waals surface area contributed by atoms with Crippen molar-refractivity contribution in [3.05, 3.63) is 32.1 Å². The normalized spacial score (nSPS) is 11.2. The molecule has 138 valence electrons. The number of aromatic nitrogens is 2. The van der Waals surface area contributed by atoms with Crippen molar-refractivity contribution in [2.75, 3.05) is 0 Å². The van der Waals surface area contributed by atoms with E-state index in [0.717, 1.165) is 62.7 Å². The Labute approximate surface area is 146 Å². The molecule has 0 saturated carbocycles. The maximum absolute atomic E-state index is 12.9. The topological polar surface area (TPSA) is 44.0 Å². The van der Waals surface area contributed by atoms with Crippen LogP contribution in [-0.2, 0) is 25.9 Å². The van der Waals surface area contributed by atoms with Crippen LogP contribution < -0.4 is 11.2 Å². The molecule has 0 fully saturated rings. The zero-order valence-corrected chi connectivity index (χ0v) is 16.2. The van der Waals surface area contributed by atoms with Crippen molar-refractivity contribution in [1.29, 1.82) is 0 Å². The molecule has 0 amide bonds. The van der Waals surface area contributed by atoms with Gasteiger partial charge < -0.3 is 0 Å². The van der Waals surface area contributed by atoms with Crippen LogP contribution in [0.1, 0.15) is 90.3 Å². The zero-order valence-electron chi connectivity index (χ0n) is 16.2. The predicted octanol–water partition coefficient (Wildman–Crippen LogP) is 4.30. The third-order valence-electron chi connectivity index (χ3n) is 4.80. The van der Waals surface area contributed by atoms with E-state index in [9.17, 15) is 9.59 Å². The van der Waals surface area contributed by atoms with Gasteiger partial charge in [-0.15, -0.1) is 0 Å². The second kappa shape index (κ2) is 11.3. The highest BCUT2D eigenvalue weighted by Gasteiger charge is 2.16. The summed E-state index contributed by atoms with van der Waals surface area (Å²) in [5.74, 6) is 0. The summed E-state index contributed by atoms with van der Waals surface area (Å²) in [6, 6.07) is 0. The van der Waals surface area contributed by atoms with Crippen molar-refractivity contribution in [2.24, 2.45) is 0 Å². The summed E-state index contributed by atoms with van der Waals surface area (Å²) in [6.45, 7) is 9.72. The van der Waals surface area contributed by atoms with Crippen molar-refractivity contribution in [1.82, 2.24) is 9.13 Å². The molecule has 1 aromatic rings. The van der Waals surface area contributed by atoms with Crippen LogP contribution in [0.5, 0.6) is 0 Å². The van der Waals surface area contributed by atoms with E-state index in [0.29, 0.717) is 13.0 Å². The van der Waals surface area contributed by atoms with Crippen LogP contribution in [0.25, 0.3) is 0 Å². The quantitative estimate of drug-likeness (QED) is 0.534. The maximum atomic E-state index is 12.9. The molecule has 0 aliphatic carbocycles. The number of hydrogen-bond acceptors (Lipinski definition) is 2. The van der Waals surface area contributed by atoms with E-state index in [2.05, 4.69) is 13.8 Å². The van der Waals surface area contributed by atoms with Gasteiger partial charge in [0.2, 0.25) is 0 Å². The molecule has 0 aromatic carbocycles. The van der Waals surface area contributed by atoms with E-state index in [1.165, 1.54) is 17.4 Å². The second-order valence-electron chi connectivity index (χ2n) is 6.64. The molecule has 0 aliphatic rings. The lowest BCUT2D eigenvalue weighted by molar-refractivity contribution is 0.479. The fourth-order valence-electron chi connectivity index (χ4n) is 3.38. The fraction of sp³-hybridized carbons (Fsp3) is 0.800. The molecule has 1 aromatic heterocycles. The van der Waals surface area contributed by atoms with Crippen LogP contribution in [0.3, 0.4) is 0 Å². The molecule has 0 radical (unpaired) electrons. The zero-order chi connectivity index (χ0) is 17.9. The van der Waals surface area contributed by atoms with Gasteiger partial charge in [-0.05, 0) is 25.7 Å². The average molecular weight is 337 g/mol. The van der Waals surface area contributed by atoms with E-state index in [1.807, 2.05) is 18.4 Å². The summed E-state index contributed by atoms with van der Waals surface area (Å²) in [6.07, 6.45) is 10.3. The highest BCUT2D eigenvalue weighted by atomic mass is 16.2. The van der Waals surface area contributed by atoms with E-state index in [-0.39, 0.29) is 11.2 Å². The first-order chi connectivity index (χ1) is 11.6. The third-order valence-corrected chi connectivity index (χ3v) is 4.80. The molecule has 0 saturated heterocycles. The molecule has 0 aliphatic heterocycles. The smallest absolute Gasteiger partial charge is 0.297 e. The molecule has 0 spiro atoms. The van der Waals surface area contributed by atoms with Gasteiger partial charge in [-0.3, -0.25) is 13.9 Å². The summed E-state index contributed by atoms with van der Waals surface area (Å²) < 4.78 is 3.38. The Morgan fingerprint density at radius 1 is 0.667 bits per heavy atom. The molecule has 0 unspecified atom stereocenters. The first kappa shape index (κ1) is 20.7. The van der Waals surface area contributed by atoms with Gasteiger partial charge in [0, 0.05) is 24.3 Å². The minimum absolute atomic E-state index is 0.0549. The molecule has 4 heteroatoms. The van der Waals surface area contributed by atoms with Crippen LogP contribution in [0.2, 0.25) is 0 Å². The third kappa shape index (κ3) is 5.35. The SMILES string of the molecule is CCCCCCn1c(CC)c(CC)c(=O)n(CCCCCC)c1=O. The fourth-order valence-corrected chi connectivity index (χ4v) is 3.38. The maximum Gasteiger partial charge on any atom is 0.331 e. The molecule has 1 rings (SSSR count). The number of hydrogen-bond donors (Lipinski definition) is 0. The highest BCUT2D eigenvalue weighted by molar-refractivity contribution is 5.18. The van der Waals surface area contributed by atoms with Crippen LogP contribution >= 0.6 is 0 Å². The van der Waals surface area contributed by atoms with Gasteiger partial charge in [0.15, 0.2) is 0 Å². The van der Waals surface area contributed by atoms with Gasteiger partial charge >= 0.3 is 5.69 Å². The Morgan fingerprint density at radius 2 is 1.21 bits per heavy atom. The standard InChI is InChI=1S/C20H36N2O2/c1-5-9-11-13-15-21-18(8-4)17(7-3)19(23)22(20(21)24)16-14-12-10-6-2/h5-16H2,1-4H3. The van der Waals surface area contributed by atoms with E-state index >= 15 is 0 Å². The molecule has 0 atom stereocenters. The van der Waals surface area contributed by atoms with Gasteiger partial charge in [-0.1, -0.05) is 66.2 Å². The lowest BCUT2D eigenvalue weighted by Crippen LogP contribution is -2.43. The molecule has 1 heterocycles. The Morgan fingerprint density at radius 3 is 1.67 bits per heavy atom. The lowest BCUT2D eigenvalue weighted by Gasteiger charge is -2.18. The summed E-state index contributed by atoms with van der Waals surface area (Å²) in [4.78, 5) is 25.6. The predicted molar refractivity (Wildman–Crippen MR) is 102 cm³/mol. The van der Waals surface area contributed by atoms with Crippen molar-refractivity contribution >= 4 is 0 Å². The van der Waals surface area contributed by atoms with E-state index in [4.69, 9.17) is 0 Å². The summed E-state index contributed by atoms with van der Waals surface area (Å²) in [5, 5.41) is 0. The largest absolute Gasteiger partial charge is 0.331 e. The van der Waals surface area contributed by atoms with Crippen molar-refractivity contribution in [2.45, 2.75) is 105 Å². The van der Waals surface area contributed by atoms with Gasteiger partial charge in [0.25, 0.3) is 5.56 Å². The number of rotatable bonds is 12. The number of unbranched alkanes of at least 4 members (excludes halogenated alkanes) is 6. The molecule has 0 N–H and O–H groups in total. The average Bonchev–Trinajstić information content (AvgIpc) is 2.59. The second-order valence-corrected chi connectivity index (χ2v) is 6.64. The van der Waals surface area contributed by atoms with Crippen LogP contribution in [0.4, 0.5) is 0 Å². The van der Waals surface area contributed by atoms with Crippen molar-refractivity contribution in [3.8, 4) is 0 Å². The van der Waals surface area contributed by atoms with Crippen molar-refractivity contribution < 1.29 is 0 Å². The minimum atomic E-state index is -0.0953. The summed E-state index contributed by atoms with van der Waals surface area (Å²) >= 11 is 0. The van der Waals surface area contributed by atoms with Crippen LogP contribution in [0, 0.1) is 0 Å². The molecule has 24 heavy (non-hydrogen) atoms. The summed E-state index contributed by atoms with van der Waals surface area (Å²) in [7, 11) is 0. The van der Waals surface area contributed by atoms with Gasteiger partial charge in [-0.25, -0.2) is 4.79 Å². The first-order valence-corrected chi connectivity index (χ1v) is 9.97. The van der Waals surface area contributed by atoms with Crippen LogP contribution in [0.15, 0.2) is 9.59 Å². The van der Waals surface area contributed by atoms with Gasteiger partial charge in [0.1, 0.15) is 0 Å². The Kier molecular flexibility index (Phi) is 9.73. The minimum Gasteiger partial charge on any atom is -0.297 e. The molecular formula is C20H36N2O2. The molecule has 0 bridgehead atoms.